The number of nitrogens with zero attached hydrogens (tertiary/aromatic N) is 3. The summed E-state index contributed by atoms with van der Waals surface area (Å²) in [6, 6.07) is 6.02. The van der Waals surface area contributed by atoms with Gasteiger partial charge in [-0.2, -0.15) is 5.26 Å². The number of aryl methyl sites for hydroxylation is 1. The molecule has 0 atom stereocenters. The van der Waals surface area contributed by atoms with Crippen molar-refractivity contribution < 1.29 is 0 Å². The molecule has 2 heterocycles. The summed E-state index contributed by atoms with van der Waals surface area (Å²) in [5.41, 5.74) is 1.50. The molecule has 1 aromatic heterocycles. The molecule has 1 aliphatic rings. The molecule has 0 bridgehead atoms. The van der Waals surface area contributed by atoms with Gasteiger partial charge in [0.15, 0.2) is 0 Å². The molecular formula is C15H22N4. The van der Waals surface area contributed by atoms with E-state index in [0.717, 1.165) is 37.1 Å². The Morgan fingerprint density at radius 3 is 2.74 bits per heavy atom. The quantitative estimate of drug-likeness (QED) is 0.898. The summed E-state index contributed by atoms with van der Waals surface area (Å²) in [5.74, 6) is 1.85. The van der Waals surface area contributed by atoms with Crippen LogP contribution in [0.15, 0.2) is 12.1 Å². The van der Waals surface area contributed by atoms with Gasteiger partial charge in [0.05, 0.1) is 11.3 Å². The lowest BCUT2D eigenvalue weighted by atomic mass is 9.93. The molecule has 1 fully saturated rings. The average Bonchev–Trinajstić information content (AvgIpc) is 2.45. The lowest BCUT2D eigenvalue weighted by molar-refractivity contribution is 0.377. The molecule has 4 heteroatoms. The van der Waals surface area contributed by atoms with Gasteiger partial charge >= 0.3 is 0 Å². The van der Waals surface area contributed by atoms with Crippen LogP contribution in [0.1, 0.15) is 30.5 Å². The van der Waals surface area contributed by atoms with E-state index >= 15 is 0 Å². The number of anilines is 1. The van der Waals surface area contributed by atoms with Crippen molar-refractivity contribution >= 4 is 5.82 Å². The molecule has 0 saturated carbocycles. The van der Waals surface area contributed by atoms with Crippen molar-refractivity contribution in [1.82, 2.24) is 10.3 Å². The molecule has 2 rings (SSSR count). The van der Waals surface area contributed by atoms with Crippen molar-refractivity contribution in [3.05, 3.63) is 23.4 Å². The molecule has 1 aromatic rings. The zero-order chi connectivity index (χ0) is 13.7. The Morgan fingerprint density at radius 1 is 1.42 bits per heavy atom. The van der Waals surface area contributed by atoms with Crippen molar-refractivity contribution in [2.75, 3.05) is 31.6 Å². The third-order valence-electron chi connectivity index (χ3n) is 3.93. The summed E-state index contributed by atoms with van der Waals surface area (Å²) < 4.78 is 0. The van der Waals surface area contributed by atoms with Crippen molar-refractivity contribution in [2.24, 2.45) is 5.92 Å². The zero-order valence-corrected chi connectivity index (χ0v) is 11.8. The number of nitrogens with one attached hydrogen (secondary N) is 1. The number of nitriles is 1. The number of aromatic nitrogens is 1. The average molecular weight is 258 g/mol. The van der Waals surface area contributed by atoms with Crippen LogP contribution in [0.5, 0.6) is 0 Å². The predicted octanol–water partition coefficient (Wildman–Crippen LogP) is 2.09. The highest BCUT2D eigenvalue weighted by Crippen LogP contribution is 2.24. The minimum atomic E-state index is 0.674. The van der Waals surface area contributed by atoms with E-state index in [2.05, 4.69) is 21.3 Å². The zero-order valence-electron chi connectivity index (χ0n) is 11.8. The van der Waals surface area contributed by atoms with Gasteiger partial charge in [0.2, 0.25) is 0 Å². The lowest BCUT2D eigenvalue weighted by Crippen LogP contribution is -2.35. The summed E-state index contributed by atoms with van der Waals surface area (Å²) in [6.45, 7) is 5.17. The minimum Gasteiger partial charge on any atom is -0.357 e. The first-order chi connectivity index (χ1) is 9.24. The molecule has 0 amide bonds. The van der Waals surface area contributed by atoms with E-state index in [9.17, 15) is 0 Å². The summed E-state index contributed by atoms with van der Waals surface area (Å²) in [4.78, 5) is 6.88. The van der Waals surface area contributed by atoms with Crippen LogP contribution in [-0.2, 0) is 0 Å². The molecular weight excluding hydrogens is 236 g/mol. The number of rotatable bonds is 4. The van der Waals surface area contributed by atoms with Crippen LogP contribution in [0.25, 0.3) is 0 Å². The van der Waals surface area contributed by atoms with Gasteiger partial charge in [0, 0.05) is 13.1 Å². The summed E-state index contributed by atoms with van der Waals surface area (Å²) in [5, 5.41) is 12.1. The highest BCUT2D eigenvalue weighted by Gasteiger charge is 2.20. The second-order valence-corrected chi connectivity index (χ2v) is 5.24. The van der Waals surface area contributed by atoms with Gasteiger partial charge in [-0.15, -0.1) is 0 Å². The van der Waals surface area contributed by atoms with E-state index in [0.29, 0.717) is 5.56 Å². The normalized spacial score (nSPS) is 16.4. The lowest BCUT2D eigenvalue weighted by Gasteiger charge is -2.33. The maximum atomic E-state index is 8.93. The highest BCUT2D eigenvalue weighted by molar-refractivity contribution is 5.45. The van der Waals surface area contributed by atoms with Crippen LogP contribution in [-0.4, -0.2) is 31.7 Å². The Balaban J connectivity index is 1.94. The Labute approximate surface area is 115 Å². The molecule has 0 spiro atoms. The Kier molecular flexibility index (Phi) is 4.75. The number of pyridine rings is 1. The van der Waals surface area contributed by atoms with Crippen LogP contribution < -0.4 is 10.2 Å². The van der Waals surface area contributed by atoms with Gasteiger partial charge in [-0.25, -0.2) is 4.98 Å². The third-order valence-corrected chi connectivity index (χ3v) is 3.93. The fraction of sp³-hybridized carbons (Fsp3) is 0.600. The van der Waals surface area contributed by atoms with E-state index in [1.54, 1.807) is 0 Å². The van der Waals surface area contributed by atoms with Crippen LogP contribution in [0, 0.1) is 24.2 Å². The molecule has 0 aromatic carbocycles. The van der Waals surface area contributed by atoms with E-state index in [1.165, 1.54) is 19.3 Å². The number of hydrogen-bond acceptors (Lipinski definition) is 4. The van der Waals surface area contributed by atoms with E-state index in [-0.39, 0.29) is 0 Å². The largest absolute Gasteiger partial charge is 0.357 e. The molecule has 4 nitrogen and oxygen atoms in total. The van der Waals surface area contributed by atoms with Crippen LogP contribution in [0.3, 0.4) is 0 Å². The van der Waals surface area contributed by atoms with Gasteiger partial charge in [0.25, 0.3) is 0 Å². The predicted molar refractivity (Wildman–Crippen MR) is 77.2 cm³/mol. The third kappa shape index (κ3) is 3.45. The maximum absolute atomic E-state index is 8.93. The van der Waals surface area contributed by atoms with Gasteiger partial charge < -0.3 is 10.2 Å². The van der Waals surface area contributed by atoms with Crippen molar-refractivity contribution in [2.45, 2.75) is 26.2 Å². The fourth-order valence-corrected chi connectivity index (χ4v) is 2.64. The minimum absolute atomic E-state index is 0.674. The smallest absolute Gasteiger partial charge is 0.128 e. The SMILES string of the molecule is CNCCC1CCN(c2ccc(C#N)c(C)n2)CC1. The topological polar surface area (TPSA) is 52.0 Å². The van der Waals surface area contributed by atoms with Gasteiger partial charge in [-0.3, -0.25) is 0 Å². The van der Waals surface area contributed by atoms with Gasteiger partial charge in [-0.05, 0) is 57.8 Å². The number of piperidine rings is 1. The van der Waals surface area contributed by atoms with Crippen molar-refractivity contribution in [3.63, 3.8) is 0 Å². The standard InChI is InChI=1S/C15H22N4/c1-12-14(11-16)3-4-15(18-12)19-9-6-13(7-10-19)5-8-17-2/h3-4,13,17H,5-10H2,1-2H3. The molecule has 0 unspecified atom stereocenters. The van der Waals surface area contributed by atoms with E-state index in [4.69, 9.17) is 5.26 Å². The Morgan fingerprint density at radius 2 is 2.16 bits per heavy atom. The first-order valence-electron chi connectivity index (χ1n) is 7.02. The Hall–Kier alpha value is -1.60. The number of hydrogen-bond donors (Lipinski definition) is 1. The molecule has 19 heavy (non-hydrogen) atoms. The van der Waals surface area contributed by atoms with Gasteiger partial charge in [-0.1, -0.05) is 0 Å². The second kappa shape index (κ2) is 6.53. The summed E-state index contributed by atoms with van der Waals surface area (Å²) >= 11 is 0. The molecule has 1 N–H and O–H groups in total. The first-order valence-corrected chi connectivity index (χ1v) is 7.02. The Bertz CT molecular complexity index is 456. The van der Waals surface area contributed by atoms with Gasteiger partial charge in [0.1, 0.15) is 11.9 Å². The first kappa shape index (κ1) is 13.8. The fourth-order valence-electron chi connectivity index (χ4n) is 2.64. The van der Waals surface area contributed by atoms with E-state index in [1.807, 2.05) is 26.1 Å². The second-order valence-electron chi connectivity index (χ2n) is 5.24. The highest BCUT2D eigenvalue weighted by atomic mass is 15.2. The molecule has 1 aliphatic heterocycles. The molecule has 0 radical (unpaired) electrons. The maximum Gasteiger partial charge on any atom is 0.128 e. The summed E-state index contributed by atoms with van der Waals surface area (Å²) in [6.07, 6.45) is 3.75. The van der Waals surface area contributed by atoms with E-state index < -0.39 is 0 Å². The van der Waals surface area contributed by atoms with Crippen molar-refractivity contribution in [1.29, 1.82) is 5.26 Å². The van der Waals surface area contributed by atoms with Crippen molar-refractivity contribution in [3.8, 4) is 6.07 Å². The molecule has 102 valence electrons. The molecule has 1 saturated heterocycles. The van der Waals surface area contributed by atoms with Crippen LogP contribution >= 0.6 is 0 Å². The van der Waals surface area contributed by atoms with Crippen LogP contribution in [0.4, 0.5) is 5.82 Å². The monoisotopic (exact) mass is 258 g/mol. The molecule has 0 aliphatic carbocycles. The van der Waals surface area contributed by atoms with Crippen LogP contribution in [0.2, 0.25) is 0 Å². The summed E-state index contributed by atoms with van der Waals surface area (Å²) in [7, 11) is 2.01.